The van der Waals surface area contributed by atoms with E-state index < -0.39 is 18.9 Å². The van der Waals surface area contributed by atoms with Gasteiger partial charge in [-0.05, 0) is 13.8 Å². The van der Waals surface area contributed by atoms with Crippen LogP contribution in [-0.4, -0.2) is 38.1 Å². The van der Waals surface area contributed by atoms with Crippen molar-refractivity contribution < 1.29 is 22.3 Å². The SMILES string of the molecule is CCOCC(C)NCC(F)(F)C(F)F. The van der Waals surface area contributed by atoms with E-state index in [2.05, 4.69) is 5.32 Å². The first-order valence-corrected chi connectivity index (χ1v) is 4.37. The topological polar surface area (TPSA) is 21.3 Å². The molecule has 0 aliphatic heterocycles. The fraction of sp³-hybridized carbons (Fsp3) is 1.00. The van der Waals surface area contributed by atoms with Crippen LogP contribution in [0.4, 0.5) is 17.6 Å². The third-order valence-corrected chi connectivity index (χ3v) is 1.58. The number of halogens is 4. The van der Waals surface area contributed by atoms with Gasteiger partial charge in [0.2, 0.25) is 0 Å². The summed E-state index contributed by atoms with van der Waals surface area (Å²) in [5, 5.41) is 2.28. The highest BCUT2D eigenvalue weighted by Crippen LogP contribution is 2.21. The highest BCUT2D eigenvalue weighted by atomic mass is 19.3. The highest BCUT2D eigenvalue weighted by Gasteiger charge is 2.40. The molecule has 1 unspecified atom stereocenters. The maximum Gasteiger partial charge on any atom is 0.319 e. The van der Waals surface area contributed by atoms with E-state index in [-0.39, 0.29) is 12.6 Å². The Hall–Kier alpha value is -0.360. The molecule has 2 nitrogen and oxygen atoms in total. The summed E-state index contributed by atoms with van der Waals surface area (Å²) >= 11 is 0. The fourth-order valence-electron chi connectivity index (χ4n) is 0.741. The number of hydrogen-bond acceptors (Lipinski definition) is 2. The van der Waals surface area contributed by atoms with Gasteiger partial charge in [0.15, 0.2) is 0 Å². The molecular formula is C8H15F4NO. The second-order valence-electron chi connectivity index (χ2n) is 3.00. The molecule has 14 heavy (non-hydrogen) atoms. The van der Waals surface area contributed by atoms with Crippen molar-refractivity contribution in [1.82, 2.24) is 5.32 Å². The molecule has 86 valence electrons. The van der Waals surface area contributed by atoms with Crippen molar-refractivity contribution in [3.63, 3.8) is 0 Å². The van der Waals surface area contributed by atoms with E-state index in [0.717, 1.165) is 0 Å². The van der Waals surface area contributed by atoms with Gasteiger partial charge in [-0.15, -0.1) is 0 Å². The molecule has 0 fully saturated rings. The number of hydrogen-bond donors (Lipinski definition) is 1. The standard InChI is InChI=1S/C8H15F4NO/c1-3-14-4-6(2)13-5-8(11,12)7(9)10/h6-7,13H,3-5H2,1-2H3. The van der Waals surface area contributed by atoms with Gasteiger partial charge in [0.1, 0.15) is 0 Å². The summed E-state index contributed by atoms with van der Waals surface area (Å²) < 4.78 is 53.1. The van der Waals surface area contributed by atoms with Crippen molar-refractivity contribution in [3.8, 4) is 0 Å². The molecule has 0 aromatic heterocycles. The average molecular weight is 217 g/mol. The summed E-state index contributed by atoms with van der Waals surface area (Å²) in [6, 6.07) is -0.362. The predicted octanol–water partition coefficient (Wildman–Crippen LogP) is 1.90. The summed E-state index contributed by atoms with van der Waals surface area (Å²) in [5.74, 6) is -3.97. The molecule has 0 bridgehead atoms. The van der Waals surface area contributed by atoms with Crippen LogP contribution in [0.3, 0.4) is 0 Å². The van der Waals surface area contributed by atoms with E-state index in [1.54, 1.807) is 13.8 Å². The third kappa shape index (κ3) is 5.39. The lowest BCUT2D eigenvalue weighted by atomic mass is 10.3. The minimum atomic E-state index is -3.97. The van der Waals surface area contributed by atoms with Gasteiger partial charge in [0.05, 0.1) is 13.2 Å². The molecule has 0 rings (SSSR count). The zero-order valence-corrected chi connectivity index (χ0v) is 8.20. The Morgan fingerprint density at radius 2 is 1.93 bits per heavy atom. The molecule has 0 spiro atoms. The second-order valence-corrected chi connectivity index (χ2v) is 3.00. The van der Waals surface area contributed by atoms with E-state index in [1.807, 2.05) is 0 Å². The summed E-state index contributed by atoms with van der Waals surface area (Å²) in [5.41, 5.74) is 0. The van der Waals surface area contributed by atoms with Crippen molar-refractivity contribution in [2.75, 3.05) is 19.8 Å². The van der Waals surface area contributed by atoms with Crippen LogP contribution in [0.2, 0.25) is 0 Å². The van der Waals surface area contributed by atoms with Crippen LogP contribution in [0.1, 0.15) is 13.8 Å². The molecule has 0 aromatic carbocycles. The van der Waals surface area contributed by atoms with Gasteiger partial charge < -0.3 is 10.1 Å². The quantitative estimate of drug-likeness (QED) is 0.657. The highest BCUT2D eigenvalue weighted by molar-refractivity contribution is 4.74. The first-order valence-electron chi connectivity index (χ1n) is 4.37. The third-order valence-electron chi connectivity index (χ3n) is 1.58. The molecule has 0 aromatic rings. The predicted molar refractivity (Wildman–Crippen MR) is 44.9 cm³/mol. The molecule has 0 amide bonds. The Labute approximate surface area is 80.6 Å². The average Bonchev–Trinajstić information content (AvgIpc) is 2.11. The molecule has 0 aliphatic carbocycles. The zero-order chi connectivity index (χ0) is 11.2. The van der Waals surface area contributed by atoms with Crippen LogP contribution in [0.15, 0.2) is 0 Å². The van der Waals surface area contributed by atoms with E-state index in [1.165, 1.54) is 0 Å². The van der Waals surface area contributed by atoms with Crippen molar-refractivity contribution in [2.24, 2.45) is 0 Å². The molecule has 0 radical (unpaired) electrons. The summed E-state index contributed by atoms with van der Waals surface area (Å²) in [6.07, 6.45) is -3.63. The summed E-state index contributed by atoms with van der Waals surface area (Å²) in [6.45, 7) is 3.03. The van der Waals surface area contributed by atoms with Crippen LogP contribution >= 0.6 is 0 Å². The van der Waals surface area contributed by atoms with Crippen LogP contribution in [0.25, 0.3) is 0 Å². The molecule has 0 heterocycles. The first kappa shape index (κ1) is 13.6. The van der Waals surface area contributed by atoms with Crippen molar-refractivity contribution in [2.45, 2.75) is 32.2 Å². The van der Waals surface area contributed by atoms with E-state index in [4.69, 9.17) is 4.74 Å². The first-order chi connectivity index (χ1) is 6.40. The smallest absolute Gasteiger partial charge is 0.319 e. The molecule has 6 heteroatoms. The number of ether oxygens (including phenoxy) is 1. The second kappa shape index (κ2) is 6.19. The van der Waals surface area contributed by atoms with Gasteiger partial charge >= 0.3 is 12.3 Å². The van der Waals surface area contributed by atoms with Crippen molar-refractivity contribution in [3.05, 3.63) is 0 Å². The molecule has 1 N–H and O–H groups in total. The van der Waals surface area contributed by atoms with Gasteiger partial charge in [-0.1, -0.05) is 0 Å². The van der Waals surface area contributed by atoms with Gasteiger partial charge in [0, 0.05) is 12.6 Å². The van der Waals surface area contributed by atoms with E-state index in [9.17, 15) is 17.6 Å². The summed E-state index contributed by atoms with van der Waals surface area (Å²) in [4.78, 5) is 0. The van der Waals surface area contributed by atoms with Crippen molar-refractivity contribution >= 4 is 0 Å². The normalized spacial score (nSPS) is 14.8. The van der Waals surface area contributed by atoms with Gasteiger partial charge in [0.25, 0.3) is 0 Å². The molecular weight excluding hydrogens is 202 g/mol. The number of rotatable bonds is 7. The largest absolute Gasteiger partial charge is 0.380 e. The van der Waals surface area contributed by atoms with Crippen molar-refractivity contribution in [1.29, 1.82) is 0 Å². The molecule has 1 atom stereocenters. The maximum atomic E-state index is 12.4. The van der Waals surface area contributed by atoms with Gasteiger partial charge in [-0.2, -0.15) is 8.78 Å². The Kier molecular flexibility index (Phi) is 6.03. The molecule has 0 saturated heterocycles. The summed E-state index contributed by atoms with van der Waals surface area (Å²) in [7, 11) is 0. The zero-order valence-electron chi connectivity index (χ0n) is 8.20. The Bertz CT molecular complexity index is 154. The lowest BCUT2D eigenvalue weighted by Gasteiger charge is -2.19. The Morgan fingerprint density at radius 1 is 1.36 bits per heavy atom. The van der Waals surface area contributed by atoms with Crippen LogP contribution in [0, 0.1) is 0 Å². The van der Waals surface area contributed by atoms with Gasteiger partial charge in [-0.3, -0.25) is 0 Å². The Balaban J connectivity index is 3.70. The monoisotopic (exact) mass is 217 g/mol. The number of nitrogens with one attached hydrogen (secondary N) is 1. The van der Waals surface area contributed by atoms with E-state index in [0.29, 0.717) is 6.61 Å². The minimum absolute atomic E-state index is 0.232. The van der Waals surface area contributed by atoms with Crippen LogP contribution in [-0.2, 0) is 4.74 Å². The fourth-order valence-corrected chi connectivity index (χ4v) is 0.741. The molecule has 0 aliphatic rings. The molecule has 0 saturated carbocycles. The van der Waals surface area contributed by atoms with Crippen LogP contribution in [0.5, 0.6) is 0 Å². The Morgan fingerprint density at radius 3 is 2.36 bits per heavy atom. The van der Waals surface area contributed by atoms with E-state index >= 15 is 0 Å². The number of alkyl halides is 4. The van der Waals surface area contributed by atoms with Crippen LogP contribution < -0.4 is 5.32 Å². The lowest BCUT2D eigenvalue weighted by molar-refractivity contribution is -0.126. The lowest BCUT2D eigenvalue weighted by Crippen LogP contribution is -2.43. The maximum absolute atomic E-state index is 12.4. The minimum Gasteiger partial charge on any atom is -0.380 e. The van der Waals surface area contributed by atoms with Gasteiger partial charge in [-0.25, -0.2) is 8.78 Å².